The molecule has 2 N–H and O–H groups in total. The third-order valence-electron chi connectivity index (χ3n) is 4.16. The van der Waals surface area contributed by atoms with Gasteiger partial charge < -0.3 is 10.4 Å². The fourth-order valence-electron chi connectivity index (χ4n) is 3.11. The van der Waals surface area contributed by atoms with Gasteiger partial charge in [0.15, 0.2) is 0 Å². The van der Waals surface area contributed by atoms with Crippen LogP contribution in [-0.2, 0) is 16.0 Å². The van der Waals surface area contributed by atoms with Gasteiger partial charge in [-0.1, -0.05) is 12.1 Å². The lowest BCUT2D eigenvalue weighted by Gasteiger charge is -2.12. The lowest BCUT2D eigenvalue weighted by atomic mass is 10.0. The number of rotatable bonds is 4. The summed E-state index contributed by atoms with van der Waals surface area (Å²) in [4.78, 5) is 22.8. The van der Waals surface area contributed by atoms with Crippen molar-refractivity contribution in [3.05, 3.63) is 29.8 Å². The zero-order valence-corrected chi connectivity index (χ0v) is 10.6. The van der Waals surface area contributed by atoms with Gasteiger partial charge in [0.2, 0.25) is 5.91 Å². The van der Waals surface area contributed by atoms with Crippen LogP contribution in [0.5, 0.6) is 0 Å². The minimum absolute atomic E-state index is 0.0166. The molecule has 0 bridgehead atoms. The Morgan fingerprint density at radius 2 is 1.95 bits per heavy atom. The summed E-state index contributed by atoms with van der Waals surface area (Å²) in [5.41, 5.74) is 1.41. The van der Waals surface area contributed by atoms with E-state index in [2.05, 4.69) is 5.32 Å². The van der Waals surface area contributed by atoms with Crippen LogP contribution in [0, 0.1) is 17.8 Å². The molecule has 4 heteroatoms. The van der Waals surface area contributed by atoms with Crippen molar-refractivity contribution in [3.8, 4) is 0 Å². The van der Waals surface area contributed by atoms with Gasteiger partial charge >= 0.3 is 5.97 Å². The summed E-state index contributed by atoms with van der Waals surface area (Å²) >= 11 is 0. The second kappa shape index (κ2) is 4.68. The third kappa shape index (κ3) is 2.78. The van der Waals surface area contributed by atoms with Crippen molar-refractivity contribution in [2.45, 2.75) is 25.7 Å². The fourth-order valence-corrected chi connectivity index (χ4v) is 3.11. The van der Waals surface area contributed by atoms with Crippen molar-refractivity contribution >= 4 is 17.6 Å². The Labute approximate surface area is 111 Å². The highest BCUT2D eigenvalue weighted by Gasteiger charge is 2.47. The van der Waals surface area contributed by atoms with Gasteiger partial charge in [0.1, 0.15) is 0 Å². The molecule has 19 heavy (non-hydrogen) atoms. The van der Waals surface area contributed by atoms with Crippen LogP contribution in [0.4, 0.5) is 5.69 Å². The van der Waals surface area contributed by atoms with E-state index in [-0.39, 0.29) is 18.2 Å². The number of carbonyl (C=O) groups excluding carboxylic acids is 1. The van der Waals surface area contributed by atoms with Crippen LogP contribution in [0.25, 0.3) is 0 Å². The molecule has 1 aromatic carbocycles. The van der Waals surface area contributed by atoms with Crippen LogP contribution >= 0.6 is 0 Å². The Balaban J connectivity index is 1.62. The van der Waals surface area contributed by atoms with Crippen LogP contribution in [-0.4, -0.2) is 17.0 Å². The Bertz CT molecular complexity index is 516. The summed E-state index contributed by atoms with van der Waals surface area (Å²) in [5, 5.41) is 11.7. The third-order valence-corrected chi connectivity index (χ3v) is 4.16. The minimum Gasteiger partial charge on any atom is -0.481 e. The van der Waals surface area contributed by atoms with Crippen LogP contribution in [0.1, 0.15) is 24.8 Å². The van der Waals surface area contributed by atoms with Crippen LogP contribution in [0.2, 0.25) is 0 Å². The van der Waals surface area contributed by atoms with Crippen LogP contribution < -0.4 is 5.32 Å². The zero-order valence-electron chi connectivity index (χ0n) is 10.6. The lowest BCUT2D eigenvalue weighted by Crippen LogP contribution is -2.21. The van der Waals surface area contributed by atoms with Gasteiger partial charge in [-0.15, -0.1) is 0 Å². The highest BCUT2D eigenvalue weighted by Crippen LogP contribution is 2.54. The molecule has 0 radical (unpaired) electrons. The first-order valence-corrected chi connectivity index (χ1v) is 6.73. The topological polar surface area (TPSA) is 66.4 Å². The number of hydrogen-bond donors (Lipinski definition) is 2. The molecule has 1 aromatic rings. The van der Waals surface area contributed by atoms with Gasteiger partial charge in [-0.3, -0.25) is 9.59 Å². The molecule has 2 aliphatic rings. The van der Waals surface area contributed by atoms with Crippen molar-refractivity contribution in [2.24, 2.45) is 17.8 Å². The van der Waals surface area contributed by atoms with E-state index in [1.165, 1.54) is 6.42 Å². The molecule has 0 aliphatic heterocycles. The smallest absolute Gasteiger partial charge is 0.307 e. The van der Waals surface area contributed by atoms with E-state index in [0.29, 0.717) is 11.3 Å². The van der Waals surface area contributed by atoms with E-state index >= 15 is 0 Å². The molecule has 1 amide bonds. The molecule has 2 unspecified atom stereocenters. The van der Waals surface area contributed by atoms with Crippen molar-refractivity contribution in [3.63, 3.8) is 0 Å². The predicted octanol–water partition coefficient (Wildman–Crippen LogP) is 2.30. The number of carboxylic acid groups (broad SMARTS) is 1. The summed E-state index contributed by atoms with van der Waals surface area (Å²) < 4.78 is 0. The SMILES string of the molecule is O=C(O)Cc1cccc(NC(=O)C2CC3CC3C2)c1. The van der Waals surface area contributed by atoms with E-state index in [9.17, 15) is 9.59 Å². The highest BCUT2D eigenvalue weighted by atomic mass is 16.4. The first-order valence-electron chi connectivity index (χ1n) is 6.73. The van der Waals surface area contributed by atoms with Crippen molar-refractivity contribution in [1.82, 2.24) is 0 Å². The van der Waals surface area contributed by atoms with E-state index < -0.39 is 5.97 Å². The van der Waals surface area contributed by atoms with E-state index in [4.69, 9.17) is 5.11 Å². The van der Waals surface area contributed by atoms with E-state index in [1.807, 2.05) is 0 Å². The Morgan fingerprint density at radius 1 is 1.21 bits per heavy atom. The molecule has 2 atom stereocenters. The van der Waals surface area contributed by atoms with Crippen molar-refractivity contribution < 1.29 is 14.7 Å². The monoisotopic (exact) mass is 259 g/mol. The first-order chi connectivity index (χ1) is 9.11. The van der Waals surface area contributed by atoms with Crippen LogP contribution in [0.3, 0.4) is 0 Å². The van der Waals surface area contributed by atoms with Gasteiger partial charge in [-0.05, 0) is 48.8 Å². The normalized spacial score (nSPS) is 27.7. The molecule has 0 heterocycles. The number of carbonyl (C=O) groups is 2. The maximum absolute atomic E-state index is 12.1. The number of amides is 1. The summed E-state index contributed by atoms with van der Waals surface area (Å²) in [6.07, 6.45) is 3.33. The molecule has 3 rings (SSSR count). The molecule has 0 saturated heterocycles. The second-order valence-corrected chi connectivity index (χ2v) is 5.68. The Hall–Kier alpha value is -1.84. The maximum atomic E-state index is 12.1. The molecule has 2 fully saturated rings. The van der Waals surface area contributed by atoms with Gasteiger partial charge in [-0.25, -0.2) is 0 Å². The molecule has 2 aliphatic carbocycles. The Kier molecular flexibility index (Phi) is 3.01. The van der Waals surface area contributed by atoms with Crippen molar-refractivity contribution in [1.29, 1.82) is 0 Å². The molecular weight excluding hydrogens is 242 g/mol. The highest BCUT2D eigenvalue weighted by molar-refractivity contribution is 5.93. The van der Waals surface area contributed by atoms with Crippen molar-refractivity contribution in [2.75, 3.05) is 5.32 Å². The maximum Gasteiger partial charge on any atom is 0.307 e. The second-order valence-electron chi connectivity index (χ2n) is 5.68. The fraction of sp³-hybridized carbons (Fsp3) is 0.467. The first kappa shape index (κ1) is 12.2. The average molecular weight is 259 g/mol. The molecular formula is C15H17NO3. The minimum atomic E-state index is -0.862. The standard InChI is InChI=1S/C15H17NO3/c17-14(18)5-9-2-1-3-13(4-9)16-15(19)12-7-10-6-11(10)8-12/h1-4,10-12H,5-8H2,(H,16,19)(H,17,18). The quantitative estimate of drug-likeness (QED) is 0.871. The van der Waals surface area contributed by atoms with Gasteiger partial charge in [0.05, 0.1) is 6.42 Å². The lowest BCUT2D eigenvalue weighted by molar-refractivity contribution is -0.136. The number of aliphatic carboxylic acids is 1. The van der Waals surface area contributed by atoms with Gasteiger partial charge in [0, 0.05) is 11.6 Å². The summed E-state index contributed by atoms with van der Waals surface area (Å²) in [7, 11) is 0. The summed E-state index contributed by atoms with van der Waals surface area (Å²) in [5.74, 6) is 0.939. The van der Waals surface area contributed by atoms with Crippen LogP contribution in [0.15, 0.2) is 24.3 Å². The molecule has 0 spiro atoms. The van der Waals surface area contributed by atoms with E-state index in [1.54, 1.807) is 24.3 Å². The molecule has 2 saturated carbocycles. The predicted molar refractivity (Wildman–Crippen MR) is 70.7 cm³/mol. The largest absolute Gasteiger partial charge is 0.481 e. The average Bonchev–Trinajstić information content (AvgIpc) is 2.95. The molecule has 0 aromatic heterocycles. The number of anilines is 1. The number of fused-ring (bicyclic) bond motifs is 1. The zero-order chi connectivity index (χ0) is 13.4. The molecule has 4 nitrogen and oxygen atoms in total. The van der Waals surface area contributed by atoms with E-state index in [0.717, 1.165) is 24.7 Å². The number of nitrogens with one attached hydrogen (secondary N) is 1. The summed E-state index contributed by atoms with van der Waals surface area (Å²) in [6.45, 7) is 0. The number of benzene rings is 1. The van der Waals surface area contributed by atoms with Gasteiger partial charge in [0.25, 0.3) is 0 Å². The molecule has 100 valence electrons. The summed E-state index contributed by atoms with van der Waals surface area (Å²) in [6, 6.07) is 7.08. The van der Waals surface area contributed by atoms with Gasteiger partial charge in [-0.2, -0.15) is 0 Å². The Morgan fingerprint density at radius 3 is 2.63 bits per heavy atom. The number of carboxylic acids is 1. The number of hydrogen-bond acceptors (Lipinski definition) is 2.